The predicted molar refractivity (Wildman–Crippen MR) is 99.2 cm³/mol. The summed E-state index contributed by atoms with van der Waals surface area (Å²) >= 11 is 1.66. The first-order valence-electron chi connectivity index (χ1n) is 8.96. The third kappa shape index (κ3) is 3.73. The molecule has 4 nitrogen and oxygen atoms in total. The predicted octanol–water partition coefficient (Wildman–Crippen LogP) is 3.25. The molecule has 24 heavy (non-hydrogen) atoms. The fourth-order valence-electron chi connectivity index (χ4n) is 4.03. The molecule has 2 aliphatic heterocycles. The van der Waals surface area contributed by atoms with Gasteiger partial charge < -0.3 is 9.64 Å². The molecular formula is C19H28N2O2S. The van der Waals surface area contributed by atoms with Crippen LogP contribution in [0.5, 0.6) is 0 Å². The van der Waals surface area contributed by atoms with E-state index in [1.54, 1.807) is 17.4 Å². The lowest BCUT2D eigenvalue weighted by molar-refractivity contribution is -0.128. The number of carbonyl (C=O) groups excluding carboxylic acids is 1. The fourth-order valence-corrected chi connectivity index (χ4v) is 4.65. The molecule has 1 unspecified atom stereocenters. The maximum Gasteiger partial charge on any atom is 0.246 e. The number of thiophene rings is 1. The van der Waals surface area contributed by atoms with E-state index >= 15 is 0 Å². The summed E-state index contributed by atoms with van der Waals surface area (Å²) in [6.07, 6.45) is 8.24. The van der Waals surface area contributed by atoms with Crippen molar-refractivity contribution in [2.45, 2.75) is 44.2 Å². The molecule has 3 heterocycles. The van der Waals surface area contributed by atoms with E-state index in [1.807, 2.05) is 28.5 Å². The maximum atomic E-state index is 12.4. The summed E-state index contributed by atoms with van der Waals surface area (Å²) in [6.45, 7) is 5.40. The molecule has 0 N–H and O–H groups in total. The van der Waals surface area contributed by atoms with Gasteiger partial charge in [0.25, 0.3) is 0 Å². The van der Waals surface area contributed by atoms with Crippen molar-refractivity contribution in [3.63, 3.8) is 0 Å². The number of hydrogen-bond donors (Lipinski definition) is 0. The molecular weight excluding hydrogens is 320 g/mol. The normalized spacial score (nSPS) is 24.2. The largest absolute Gasteiger partial charge is 0.380 e. The first-order valence-corrected chi connectivity index (χ1v) is 9.84. The van der Waals surface area contributed by atoms with Gasteiger partial charge in [0.15, 0.2) is 0 Å². The lowest BCUT2D eigenvalue weighted by Crippen LogP contribution is -2.53. The second-order valence-electron chi connectivity index (χ2n) is 6.86. The molecule has 132 valence electrons. The third-order valence-corrected chi connectivity index (χ3v) is 6.53. The zero-order chi connectivity index (χ0) is 17.0. The first-order chi connectivity index (χ1) is 11.6. The Morgan fingerprint density at radius 2 is 2.21 bits per heavy atom. The highest BCUT2D eigenvalue weighted by molar-refractivity contribution is 7.10. The number of hydrogen-bond acceptors (Lipinski definition) is 4. The van der Waals surface area contributed by atoms with Crippen LogP contribution < -0.4 is 0 Å². The van der Waals surface area contributed by atoms with E-state index in [0.29, 0.717) is 6.04 Å². The zero-order valence-corrected chi connectivity index (χ0v) is 15.6. The first kappa shape index (κ1) is 17.6. The van der Waals surface area contributed by atoms with Crippen LogP contribution in [0.4, 0.5) is 0 Å². The Balaban J connectivity index is 1.53. The van der Waals surface area contributed by atoms with Crippen molar-refractivity contribution in [1.82, 2.24) is 9.80 Å². The summed E-state index contributed by atoms with van der Waals surface area (Å²) in [5.74, 6) is 0.143. The molecule has 1 aromatic heterocycles. The minimum absolute atomic E-state index is 0.143. The molecule has 2 fully saturated rings. The topological polar surface area (TPSA) is 32.8 Å². The van der Waals surface area contributed by atoms with Gasteiger partial charge in [0.1, 0.15) is 0 Å². The second kappa shape index (κ2) is 7.81. The lowest BCUT2D eigenvalue weighted by Gasteiger charge is -2.44. The van der Waals surface area contributed by atoms with Gasteiger partial charge in [-0.25, -0.2) is 0 Å². The van der Waals surface area contributed by atoms with Crippen LogP contribution in [0.1, 0.15) is 37.5 Å². The highest BCUT2D eigenvalue weighted by Crippen LogP contribution is 2.40. The van der Waals surface area contributed by atoms with E-state index in [2.05, 4.69) is 18.9 Å². The quantitative estimate of drug-likeness (QED) is 0.766. The molecule has 5 heteroatoms. The summed E-state index contributed by atoms with van der Waals surface area (Å²) < 4.78 is 5.63. The van der Waals surface area contributed by atoms with Crippen LogP contribution in [0.3, 0.4) is 0 Å². The Morgan fingerprint density at radius 1 is 1.42 bits per heavy atom. The molecule has 2 saturated heterocycles. The van der Waals surface area contributed by atoms with Gasteiger partial charge in [-0.05, 0) is 57.2 Å². The molecule has 1 spiro atoms. The van der Waals surface area contributed by atoms with Crippen LogP contribution in [0, 0.1) is 0 Å². The molecule has 0 aromatic carbocycles. The smallest absolute Gasteiger partial charge is 0.246 e. The average Bonchev–Trinajstić information content (AvgIpc) is 3.22. The molecule has 0 aliphatic carbocycles. The molecule has 1 atom stereocenters. The number of piperidine rings is 1. The van der Waals surface area contributed by atoms with Crippen LogP contribution >= 0.6 is 11.3 Å². The molecule has 1 amide bonds. The molecule has 2 aliphatic rings. The average molecular weight is 349 g/mol. The second-order valence-corrected chi connectivity index (χ2v) is 7.84. The number of rotatable bonds is 5. The number of nitrogens with zero attached hydrogens (tertiary/aromatic N) is 2. The SMILES string of the molecule is CCOCC1CCC2(CCN(C(=O)/C=C/c3cccs3)CC2)N1C. The molecule has 0 bridgehead atoms. The summed E-state index contributed by atoms with van der Waals surface area (Å²) in [5.41, 5.74) is 0.274. The van der Waals surface area contributed by atoms with Gasteiger partial charge in [-0.2, -0.15) is 0 Å². The lowest BCUT2D eigenvalue weighted by atomic mass is 9.85. The van der Waals surface area contributed by atoms with Gasteiger partial charge in [-0.1, -0.05) is 6.07 Å². The highest BCUT2D eigenvalue weighted by atomic mass is 32.1. The van der Waals surface area contributed by atoms with Crippen molar-refractivity contribution in [2.24, 2.45) is 0 Å². The van der Waals surface area contributed by atoms with Crippen LogP contribution in [0.15, 0.2) is 23.6 Å². The fraction of sp³-hybridized carbons (Fsp3) is 0.632. The Morgan fingerprint density at radius 3 is 2.88 bits per heavy atom. The number of amides is 1. The van der Waals surface area contributed by atoms with Crippen molar-refractivity contribution in [3.8, 4) is 0 Å². The van der Waals surface area contributed by atoms with Crippen molar-refractivity contribution in [3.05, 3.63) is 28.5 Å². The Hall–Kier alpha value is -1.17. The van der Waals surface area contributed by atoms with Gasteiger partial charge in [-0.15, -0.1) is 11.3 Å². The minimum atomic E-state index is 0.143. The zero-order valence-electron chi connectivity index (χ0n) is 14.7. The van der Waals surface area contributed by atoms with Crippen LogP contribution in [-0.4, -0.2) is 60.6 Å². The summed E-state index contributed by atoms with van der Waals surface area (Å²) in [5, 5.41) is 2.03. The molecule has 0 saturated carbocycles. The van der Waals surface area contributed by atoms with E-state index in [1.165, 1.54) is 12.8 Å². The maximum absolute atomic E-state index is 12.4. The van der Waals surface area contributed by atoms with Crippen molar-refractivity contribution in [1.29, 1.82) is 0 Å². The monoisotopic (exact) mass is 348 g/mol. The van der Waals surface area contributed by atoms with Gasteiger partial charge in [-0.3, -0.25) is 9.69 Å². The van der Waals surface area contributed by atoms with Crippen molar-refractivity contribution >= 4 is 23.3 Å². The Bertz CT molecular complexity index is 562. The van der Waals surface area contributed by atoms with Crippen molar-refractivity contribution < 1.29 is 9.53 Å². The molecule has 3 rings (SSSR count). The molecule has 1 aromatic rings. The van der Waals surface area contributed by atoms with Gasteiger partial charge in [0.05, 0.1) is 6.61 Å². The van der Waals surface area contributed by atoms with Gasteiger partial charge >= 0.3 is 0 Å². The Labute approximate surface area is 149 Å². The summed E-state index contributed by atoms with van der Waals surface area (Å²) in [4.78, 5) is 18.1. The third-order valence-electron chi connectivity index (χ3n) is 5.69. The Kier molecular flexibility index (Phi) is 5.74. The number of likely N-dealkylation sites (tertiary alicyclic amines) is 2. The van der Waals surface area contributed by atoms with Crippen LogP contribution in [0.2, 0.25) is 0 Å². The summed E-state index contributed by atoms with van der Waals surface area (Å²) in [7, 11) is 2.24. The van der Waals surface area contributed by atoms with E-state index < -0.39 is 0 Å². The van der Waals surface area contributed by atoms with E-state index in [0.717, 1.165) is 44.0 Å². The van der Waals surface area contributed by atoms with Gasteiger partial charge in [0.2, 0.25) is 5.91 Å². The van der Waals surface area contributed by atoms with Crippen molar-refractivity contribution in [2.75, 3.05) is 33.4 Å². The molecule has 0 radical (unpaired) electrons. The van der Waals surface area contributed by atoms with E-state index in [-0.39, 0.29) is 11.4 Å². The van der Waals surface area contributed by atoms with Gasteiger partial charge in [0, 0.05) is 42.2 Å². The summed E-state index contributed by atoms with van der Waals surface area (Å²) in [6, 6.07) is 4.57. The van der Waals surface area contributed by atoms with Crippen LogP contribution in [0.25, 0.3) is 6.08 Å². The number of ether oxygens (including phenoxy) is 1. The number of likely N-dealkylation sites (N-methyl/N-ethyl adjacent to an activating group) is 1. The van der Waals surface area contributed by atoms with Crippen LogP contribution in [-0.2, 0) is 9.53 Å². The van der Waals surface area contributed by atoms with E-state index in [4.69, 9.17) is 4.74 Å². The minimum Gasteiger partial charge on any atom is -0.380 e. The number of carbonyl (C=O) groups is 1. The van der Waals surface area contributed by atoms with E-state index in [9.17, 15) is 4.79 Å². The highest BCUT2D eigenvalue weighted by Gasteiger charge is 2.45. The standard InChI is InChI=1S/C19H28N2O2S/c1-3-23-15-16-8-9-19(20(16)2)10-12-21(13-11-19)18(22)7-6-17-5-4-14-24-17/h4-7,14,16H,3,8-13,15H2,1-2H3/b7-6+.